The van der Waals surface area contributed by atoms with Gasteiger partial charge in [0, 0.05) is 27.6 Å². The Kier molecular flexibility index (Phi) is 4.06. The molecular formula is C20H9Cl2O5-. The van der Waals surface area contributed by atoms with Crippen LogP contribution in [0.25, 0.3) is 33.4 Å². The van der Waals surface area contributed by atoms with Gasteiger partial charge in [0.15, 0.2) is 0 Å². The van der Waals surface area contributed by atoms with Gasteiger partial charge >= 0.3 is 5.97 Å². The number of carboxylic acid groups (broad SMARTS) is 1. The minimum absolute atomic E-state index is 0.0300. The molecule has 2 aliphatic rings. The van der Waals surface area contributed by atoms with Gasteiger partial charge in [-0.15, -0.1) is 0 Å². The minimum Gasteiger partial charge on any atom is -0.871 e. The number of aromatic carboxylic acids is 1. The summed E-state index contributed by atoms with van der Waals surface area (Å²) < 4.78 is 5.72. The molecule has 5 nitrogen and oxygen atoms in total. The van der Waals surface area contributed by atoms with Gasteiger partial charge in [-0.1, -0.05) is 47.2 Å². The van der Waals surface area contributed by atoms with E-state index in [9.17, 15) is 19.8 Å². The molecule has 0 unspecified atom stereocenters. The summed E-state index contributed by atoms with van der Waals surface area (Å²) in [6, 6.07) is 11.7. The van der Waals surface area contributed by atoms with Gasteiger partial charge in [0.1, 0.15) is 11.3 Å². The number of hydrogen-bond donors (Lipinski definition) is 1. The zero-order chi connectivity index (χ0) is 19.3. The Morgan fingerprint density at radius 2 is 1.74 bits per heavy atom. The minimum atomic E-state index is -1.12. The molecule has 0 amide bonds. The summed E-state index contributed by atoms with van der Waals surface area (Å²) in [6.45, 7) is 0. The topological polar surface area (TPSA) is 90.6 Å². The van der Waals surface area contributed by atoms with E-state index in [0.717, 1.165) is 0 Å². The Morgan fingerprint density at radius 3 is 2.48 bits per heavy atom. The lowest BCUT2D eigenvalue weighted by Crippen LogP contribution is -2.05. The first-order valence-corrected chi connectivity index (χ1v) is 8.51. The second-order valence-electron chi connectivity index (χ2n) is 5.89. The monoisotopic (exact) mass is 399 g/mol. The molecule has 4 rings (SSSR count). The van der Waals surface area contributed by atoms with Crippen molar-refractivity contribution in [1.82, 2.24) is 0 Å². The maximum Gasteiger partial charge on any atom is 0.336 e. The summed E-state index contributed by atoms with van der Waals surface area (Å²) >= 11 is 12.0. The van der Waals surface area contributed by atoms with Crippen LogP contribution in [0.15, 0.2) is 57.7 Å². The first kappa shape index (κ1) is 17.4. The van der Waals surface area contributed by atoms with Crippen molar-refractivity contribution in [2.24, 2.45) is 0 Å². The zero-order valence-electron chi connectivity index (χ0n) is 13.5. The smallest absolute Gasteiger partial charge is 0.336 e. The van der Waals surface area contributed by atoms with Crippen LogP contribution < -0.4 is 10.5 Å². The zero-order valence-corrected chi connectivity index (χ0v) is 15.0. The number of carboxylic acids is 1. The molecule has 0 atom stereocenters. The number of halogens is 2. The third-order valence-electron chi connectivity index (χ3n) is 4.25. The lowest BCUT2D eigenvalue weighted by molar-refractivity contribution is -0.268. The first-order valence-electron chi connectivity index (χ1n) is 7.76. The maximum absolute atomic E-state index is 11.9. The Balaban J connectivity index is 2.27. The highest BCUT2D eigenvalue weighted by molar-refractivity contribution is 6.33. The summed E-state index contributed by atoms with van der Waals surface area (Å²) in [5, 5.41) is 21.9. The van der Waals surface area contributed by atoms with Gasteiger partial charge in [0.25, 0.3) is 0 Å². The third kappa shape index (κ3) is 2.81. The number of benzene rings is 3. The molecular weight excluding hydrogens is 391 g/mol. The second kappa shape index (κ2) is 6.30. The van der Waals surface area contributed by atoms with E-state index in [1.807, 2.05) is 0 Å². The van der Waals surface area contributed by atoms with Gasteiger partial charge in [-0.25, -0.2) is 4.79 Å². The number of rotatable bonds is 2. The number of hydrogen-bond acceptors (Lipinski definition) is 4. The molecule has 0 bridgehead atoms. The quantitative estimate of drug-likeness (QED) is 0.495. The van der Waals surface area contributed by atoms with Crippen LogP contribution in [0.1, 0.15) is 10.4 Å². The largest absolute Gasteiger partial charge is 0.871 e. The molecule has 0 saturated carbocycles. The second-order valence-corrected chi connectivity index (χ2v) is 6.70. The van der Waals surface area contributed by atoms with Gasteiger partial charge in [0.2, 0.25) is 5.43 Å². The van der Waals surface area contributed by atoms with Crippen molar-refractivity contribution >= 4 is 40.1 Å². The van der Waals surface area contributed by atoms with Crippen molar-refractivity contribution in [1.29, 1.82) is 0 Å². The van der Waals surface area contributed by atoms with Crippen LogP contribution >= 0.6 is 23.2 Å². The van der Waals surface area contributed by atoms with Crippen LogP contribution in [0, 0.1) is 0 Å². The van der Waals surface area contributed by atoms with E-state index >= 15 is 0 Å². The molecule has 1 aliphatic carbocycles. The summed E-state index contributed by atoms with van der Waals surface area (Å²) in [7, 11) is 0. The average Bonchev–Trinajstić information content (AvgIpc) is 2.63. The van der Waals surface area contributed by atoms with Gasteiger partial charge < -0.3 is 14.6 Å². The highest BCUT2D eigenvalue weighted by Crippen LogP contribution is 2.43. The normalized spacial score (nSPS) is 11.2. The molecule has 0 spiro atoms. The fourth-order valence-corrected chi connectivity index (χ4v) is 3.40. The Morgan fingerprint density at radius 1 is 1.00 bits per heavy atom. The van der Waals surface area contributed by atoms with Gasteiger partial charge in [-0.05, 0) is 29.8 Å². The average molecular weight is 400 g/mol. The van der Waals surface area contributed by atoms with Gasteiger partial charge in [-0.2, -0.15) is 0 Å². The van der Waals surface area contributed by atoms with Crippen LogP contribution in [0.2, 0.25) is 10.0 Å². The number of carbonyl (C=O) groups is 1. The molecule has 1 heterocycles. The lowest BCUT2D eigenvalue weighted by Gasteiger charge is -2.19. The molecule has 1 aliphatic heterocycles. The fourth-order valence-electron chi connectivity index (χ4n) is 3.07. The molecule has 0 fully saturated rings. The van der Waals surface area contributed by atoms with E-state index in [-0.39, 0.29) is 27.0 Å². The van der Waals surface area contributed by atoms with E-state index in [1.54, 1.807) is 18.2 Å². The number of fused-ring (bicyclic) bond motifs is 2. The standard InChI is InChI=1S/C20H10Cl2O5/c21-13-5-11-17(7-15(13)23)27-18-8-16(24)14(22)6-12(18)19(11)9-3-1-2-4-10(9)20(25)26/h1-8,23H,(H,25,26)/p-1. The van der Waals surface area contributed by atoms with Crippen molar-refractivity contribution < 1.29 is 19.4 Å². The molecule has 0 aromatic heterocycles. The predicted octanol–water partition coefficient (Wildman–Crippen LogP) is 4.64. The summed E-state index contributed by atoms with van der Waals surface area (Å²) in [5.41, 5.74) is 1.09. The van der Waals surface area contributed by atoms with E-state index in [0.29, 0.717) is 22.1 Å². The van der Waals surface area contributed by atoms with Crippen LogP contribution in [0.3, 0.4) is 0 Å². The lowest BCUT2D eigenvalue weighted by atomic mass is 9.91. The Bertz CT molecular complexity index is 1260. The van der Waals surface area contributed by atoms with E-state index in [2.05, 4.69) is 0 Å². The summed E-state index contributed by atoms with van der Waals surface area (Å²) in [4.78, 5) is 23.7. The van der Waals surface area contributed by atoms with Crippen molar-refractivity contribution in [3.63, 3.8) is 0 Å². The first-order chi connectivity index (χ1) is 12.9. The van der Waals surface area contributed by atoms with E-state index in [1.165, 1.54) is 30.3 Å². The molecule has 27 heavy (non-hydrogen) atoms. The van der Waals surface area contributed by atoms with Crippen molar-refractivity contribution in [3.8, 4) is 28.2 Å². The molecule has 2 aromatic rings. The van der Waals surface area contributed by atoms with Crippen LogP contribution in [0.5, 0.6) is 5.75 Å². The van der Waals surface area contributed by atoms with Crippen LogP contribution in [-0.2, 0) is 0 Å². The summed E-state index contributed by atoms with van der Waals surface area (Å²) in [5.74, 6) is -1.37. The molecule has 0 radical (unpaired) electrons. The van der Waals surface area contributed by atoms with Crippen LogP contribution in [0.4, 0.5) is 0 Å². The third-order valence-corrected chi connectivity index (χ3v) is 4.84. The molecule has 1 N–H and O–H groups in total. The summed E-state index contributed by atoms with van der Waals surface area (Å²) in [6.07, 6.45) is 0. The van der Waals surface area contributed by atoms with E-state index in [4.69, 9.17) is 27.6 Å². The predicted molar refractivity (Wildman–Crippen MR) is 101 cm³/mol. The highest BCUT2D eigenvalue weighted by atomic mass is 35.5. The van der Waals surface area contributed by atoms with Crippen molar-refractivity contribution in [3.05, 3.63) is 74.4 Å². The molecule has 7 heteroatoms. The molecule has 0 saturated heterocycles. The fraction of sp³-hybridized carbons (Fsp3) is 0. The molecule has 2 aromatic carbocycles. The van der Waals surface area contributed by atoms with Crippen molar-refractivity contribution in [2.75, 3.05) is 0 Å². The Hall–Kier alpha value is -3.02. The Labute approximate surface area is 162 Å². The van der Waals surface area contributed by atoms with Gasteiger partial charge in [-0.3, -0.25) is 4.79 Å². The van der Waals surface area contributed by atoms with E-state index < -0.39 is 17.1 Å². The highest BCUT2D eigenvalue weighted by Gasteiger charge is 2.22. The maximum atomic E-state index is 11.9. The molecule has 134 valence electrons. The SMILES string of the molecule is O=C(O)c1ccccc1-c1c2cc(Cl)c(=O)cc-2oc2cc([O-])c(Cl)cc12. The van der Waals surface area contributed by atoms with Gasteiger partial charge in [0.05, 0.1) is 10.6 Å². The van der Waals surface area contributed by atoms with Crippen molar-refractivity contribution in [2.45, 2.75) is 0 Å². The van der Waals surface area contributed by atoms with Crippen LogP contribution in [-0.4, -0.2) is 11.1 Å².